The van der Waals surface area contributed by atoms with E-state index in [1.807, 2.05) is 24.3 Å². The third-order valence-corrected chi connectivity index (χ3v) is 5.79. The molecule has 1 heterocycles. The monoisotopic (exact) mass is 349 g/mol. The summed E-state index contributed by atoms with van der Waals surface area (Å²) in [5.74, 6) is 0.410. The lowest BCUT2D eigenvalue weighted by Crippen LogP contribution is -2.27. The van der Waals surface area contributed by atoms with Crippen LogP contribution in [0.2, 0.25) is 5.02 Å². The smallest absolute Gasteiger partial charge is 0.236 e. The van der Waals surface area contributed by atoms with Gasteiger partial charge in [0.15, 0.2) is 0 Å². The van der Waals surface area contributed by atoms with Crippen molar-refractivity contribution in [1.82, 2.24) is 10.2 Å². The van der Waals surface area contributed by atoms with E-state index in [0.717, 1.165) is 36.3 Å². The quantitative estimate of drug-likeness (QED) is 0.817. The molecule has 2 aromatic rings. The molecule has 1 aromatic carbocycles. The molecule has 4 nitrogen and oxygen atoms in total. The fourth-order valence-corrected chi connectivity index (χ4v) is 4.06. The molecule has 0 radical (unpaired) electrons. The molecule has 6 heteroatoms. The first-order valence-electron chi connectivity index (χ1n) is 8.00. The molecule has 1 aliphatic rings. The molecule has 1 amide bonds. The van der Waals surface area contributed by atoms with Gasteiger partial charge in [-0.25, -0.2) is 0 Å². The first kappa shape index (κ1) is 16.4. The Morgan fingerprint density at radius 2 is 2.09 bits per heavy atom. The summed E-state index contributed by atoms with van der Waals surface area (Å²) in [5, 5.41) is 13.6. The Balaban J connectivity index is 1.75. The molecule has 1 fully saturated rings. The largest absolute Gasteiger partial charge is 0.300 e. The number of benzene rings is 1. The number of aromatic nitrogens is 2. The van der Waals surface area contributed by atoms with E-state index in [9.17, 15) is 4.79 Å². The lowest BCUT2D eigenvalue weighted by molar-refractivity contribution is -0.118. The zero-order valence-electron chi connectivity index (χ0n) is 13.3. The van der Waals surface area contributed by atoms with Crippen LogP contribution in [0, 0.1) is 0 Å². The number of nitrogens with zero attached hydrogens (tertiary/aromatic N) is 2. The number of rotatable bonds is 6. The van der Waals surface area contributed by atoms with E-state index < -0.39 is 5.41 Å². The van der Waals surface area contributed by atoms with Crippen molar-refractivity contribution >= 4 is 34.0 Å². The van der Waals surface area contributed by atoms with Gasteiger partial charge in [-0.1, -0.05) is 48.9 Å². The molecule has 23 heavy (non-hydrogen) atoms. The predicted octanol–water partition coefficient (Wildman–Crippen LogP) is 4.77. The number of anilines is 1. The molecular formula is C17H20ClN3OS. The van der Waals surface area contributed by atoms with Crippen LogP contribution in [-0.2, 0) is 10.2 Å². The zero-order valence-corrected chi connectivity index (χ0v) is 14.9. The van der Waals surface area contributed by atoms with Gasteiger partial charge in [0.1, 0.15) is 5.01 Å². The Labute approximate surface area is 145 Å². The van der Waals surface area contributed by atoms with Gasteiger partial charge in [0.2, 0.25) is 11.0 Å². The molecule has 1 N–H and O–H groups in total. The van der Waals surface area contributed by atoms with Crippen molar-refractivity contribution < 1.29 is 4.79 Å². The number of hydrogen-bond donors (Lipinski definition) is 1. The minimum atomic E-state index is -0.453. The first-order chi connectivity index (χ1) is 11.1. The van der Waals surface area contributed by atoms with Crippen LogP contribution in [-0.4, -0.2) is 16.1 Å². The molecule has 0 unspecified atom stereocenters. The van der Waals surface area contributed by atoms with Gasteiger partial charge in [-0.05, 0) is 43.4 Å². The number of hydrogen-bond acceptors (Lipinski definition) is 4. The molecule has 0 aliphatic heterocycles. The maximum atomic E-state index is 12.7. The van der Waals surface area contributed by atoms with Crippen LogP contribution in [0.5, 0.6) is 0 Å². The highest BCUT2D eigenvalue weighted by Crippen LogP contribution is 2.49. The molecule has 122 valence electrons. The first-order valence-corrected chi connectivity index (χ1v) is 9.19. The van der Waals surface area contributed by atoms with Crippen LogP contribution < -0.4 is 5.32 Å². The van der Waals surface area contributed by atoms with E-state index in [1.165, 1.54) is 11.3 Å². The highest BCUT2D eigenvalue weighted by molar-refractivity contribution is 7.15. The van der Waals surface area contributed by atoms with E-state index in [2.05, 4.69) is 29.4 Å². The van der Waals surface area contributed by atoms with E-state index in [4.69, 9.17) is 11.6 Å². The third-order valence-electron chi connectivity index (χ3n) is 4.56. The second-order valence-corrected chi connectivity index (χ2v) is 7.45. The molecule has 1 aromatic heterocycles. The van der Waals surface area contributed by atoms with Crippen LogP contribution in [0.4, 0.5) is 5.13 Å². The number of carbonyl (C=O) groups excluding carboxylic acids is 1. The third kappa shape index (κ3) is 3.26. The van der Waals surface area contributed by atoms with Crippen molar-refractivity contribution in [3.63, 3.8) is 0 Å². The van der Waals surface area contributed by atoms with Crippen LogP contribution in [0.1, 0.15) is 56.0 Å². The highest BCUT2D eigenvalue weighted by Gasteiger charge is 2.51. The number of amides is 1. The van der Waals surface area contributed by atoms with Crippen LogP contribution in [0.3, 0.4) is 0 Å². The maximum Gasteiger partial charge on any atom is 0.236 e. The Bertz CT molecular complexity index is 707. The Kier molecular flexibility index (Phi) is 4.69. The minimum absolute atomic E-state index is 0.00739. The SMILES string of the molecule is CCC(CC)c1nnc(NC(=O)C2(c3cccc(Cl)c3)CC2)s1. The standard InChI is InChI=1S/C17H20ClN3OS/c1-3-11(4-2)14-20-21-16(23-14)19-15(22)17(8-9-17)12-6-5-7-13(18)10-12/h5-7,10-11H,3-4,8-9H2,1-2H3,(H,19,21,22). The molecular weight excluding hydrogens is 330 g/mol. The van der Waals surface area contributed by atoms with Gasteiger partial charge in [-0.15, -0.1) is 10.2 Å². The second kappa shape index (κ2) is 6.57. The van der Waals surface area contributed by atoms with Crippen molar-refractivity contribution in [2.24, 2.45) is 0 Å². The van der Waals surface area contributed by atoms with Gasteiger partial charge in [-0.3, -0.25) is 10.1 Å². The fourth-order valence-electron chi connectivity index (χ4n) is 2.86. The van der Waals surface area contributed by atoms with Gasteiger partial charge in [0.25, 0.3) is 0 Å². The van der Waals surface area contributed by atoms with Crippen LogP contribution in [0.15, 0.2) is 24.3 Å². The Morgan fingerprint density at radius 3 is 2.70 bits per heavy atom. The van der Waals surface area contributed by atoms with Crippen molar-refractivity contribution in [1.29, 1.82) is 0 Å². The number of nitrogens with one attached hydrogen (secondary N) is 1. The van der Waals surface area contributed by atoms with Crippen LogP contribution in [0.25, 0.3) is 0 Å². The lowest BCUT2D eigenvalue weighted by atomic mass is 9.95. The van der Waals surface area contributed by atoms with E-state index in [-0.39, 0.29) is 5.91 Å². The van der Waals surface area contributed by atoms with Crippen molar-refractivity contribution in [3.05, 3.63) is 39.9 Å². The fraction of sp³-hybridized carbons (Fsp3) is 0.471. The summed E-state index contributed by atoms with van der Waals surface area (Å²) in [6.45, 7) is 4.29. The molecule has 3 rings (SSSR count). The summed E-state index contributed by atoms with van der Waals surface area (Å²) in [7, 11) is 0. The molecule has 1 saturated carbocycles. The number of halogens is 1. The van der Waals surface area contributed by atoms with E-state index in [1.54, 1.807) is 0 Å². The maximum absolute atomic E-state index is 12.7. The van der Waals surface area contributed by atoms with Crippen LogP contribution >= 0.6 is 22.9 Å². The van der Waals surface area contributed by atoms with Gasteiger partial charge < -0.3 is 0 Å². The predicted molar refractivity (Wildman–Crippen MR) is 94.2 cm³/mol. The summed E-state index contributed by atoms with van der Waals surface area (Å²) in [6, 6.07) is 7.56. The molecule has 1 aliphatic carbocycles. The van der Waals surface area contributed by atoms with Gasteiger partial charge >= 0.3 is 0 Å². The second-order valence-electron chi connectivity index (χ2n) is 6.01. The zero-order chi connectivity index (χ0) is 16.4. The average Bonchev–Trinajstić information content (AvgIpc) is 3.24. The molecule has 0 bridgehead atoms. The number of carbonyl (C=O) groups is 1. The molecule has 0 saturated heterocycles. The van der Waals surface area contributed by atoms with E-state index >= 15 is 0 Å². The summed E-state index contributed by atoms with van der Waals surface area (Å²) in [5.41, 5.74) is 0.526. The summed E-state index contributed by atoms with van der Waals surface area (Å²) >= 11 is 7.54. The molecule has 0 spiro atoms. The summed E-state index contributed by atoms with van der Waals surface area (Å²) in [6.07, 6.45) is 3.76. The minimum Gasteiger partial charge on any atom is -0.300 e. The average molecular weight is 350 g/mol. The topological polar surface area (TPSA) is 54.9 Å². The summed E-state index contributed by atoms with van der Waals surface area (Å²) < 4.78 is 0. The van der Waals surface area contributed by atoms with Crippen molar-refractivity contribution in [3.8, 4) is 0 Å². The summed E-state index contributed by atoms with van der Waals surface area (Å²) in [4.78, 5) is 12.7. The lowest BCUT2D eigenvalue weighted by Gasteiger charge is -2.14. The Hall–Kier alpha value is -1.46. The normalized spacial score (nSPS) is 15.7. The molecule has 0 atom stereocenters. The van der Waals surface area contributed by atoms with Gasteiger partial charge in [0, 0.05) is 10.9 Å². The van der Waals surface area contributed by atoms with Gasteiger partial charge in [0.05, 0.1) is 5.41 Å². The van der Waals surface area contributed by atoms with Crippen molar-refractivity contribution in [2.75, 3.05) is 5.32 Å². The highest BCUT2D eigenvalue weighted by atomic mass is 35.5. The van der Waals surface area contributed by atoms with Gasteiger partial charge in [-0.2, -0.15) is 0 Å². The van der Waals surface area contributed by atoms with E-state index in [0.29, 0.717) is 16.1 Å². The Morgan fingerprint density at radius 1 is 1.35 bits per heavy atom. The van der Waals surface area contributed by atoms with Crippen molar-refractivity contribution in [2.45, 2.75) is 50.9 Å².